The molecular weight excluding hydrogens is 385 g/mol. The van der Waals surface area contributed by atoms with Gasteiger partial charge < -0.3 is 14.8 Å². The number of alkyl halides is 3. The minimum absolute atomic E-state index is 0.116. The van der Waals surface area contributed by atoms with Crippen LogP contribution in [-0.4, -0.2) is 25.3 Å². The van der Waals surface area contributed by atoms with Crippen molar-refractivity contribution in [2.75, 3.05) is 18.5 Å². The Labute approximate surface area is 149 Å². The highest BCUT2D eigenvalue weighted by molar-refractivity contribution is 6.31. The first-order valence-electron chi connectivity index (χ1n) is 7.01. The lowest BCUT2D eigenvalue weighted by Gasteiger charge is -2.14. The predicted octanol–water partition coefficient (Wildman–Crippen LogP) is 4.58. The third kappa shape index (κ3) is 6.07. The van der Waals surface area contributed by atoms with Gasteiger partial charge in [-0.15, -0.1) is 0 Å². The van der Waals surface area contributed by atoms with Gasteiger partial charge in [0.05, 0.1) is 5.69 Å². The van der Waals surface area contributed by atoms with E-state index in [0.717, 1.165) is 18.2 Å². The van der Waals surface area contributed by atoms with Crippen molar-refractivity contribution in [3.05, 3.63) is 53.1 Å². The number of carbonyl (C=O) groups excluding carboxylic acids is 1. The van der Waals surface area contributed by atoms with E-state index in [-0.39, 0.29) is 22.2 Å². The van der Waals surface area contributed by atoms with E-state index in [9.17, 15) is 26.7 Å². The average Bonchev–Trinajstić information content (AvgIpc) is 2.52. The Morgan fingerprint density at radius 3 is 2.38 bits per heavy atom. The van der Waals surface area contributed by atoms with Crippen molar-refractivity contribution < 1.29 is 36.2 Å². The second kappa shape index (κ2) is 8.22. The molecule has 2 rings (SSSR count). The summed E-state index contributed by atoms with van der Waals surface area (Å²) in [5, 5.41) is 2.40. The third-order valence-corrected chi connectivity index (χ3v) is 3.09. The molecule has 0 fully saturated rings. The Morgan fingerprint density at radius 2 is 1.73 bits per heavy atom. The van der Waals surface area contributed by atoms with E-state index < -0.39 is 36.9 Å². The van der Waals surface area contributed by atoms with Crippen molar-refractivity contribution >= 4 is 23.2 Å². The lowest BCUT2D eigenvalue weighted by atomic mass is 10.3. The number of amides is 1. The van der Waals surface area contributed by atoms with Gasteiger partial charge in [-0.2, -0.15) is 13.2 Å². The second-order valence-electron chi connectivity index (χ2n) is 4.96. The zero-order chi connectivity index (χ0) is 19.3. The molecule has 0 aliphatic carbocycles. The molecule has 1 amide bonds. The first kappa shape index (κ1) is 19.8. The number of hydrogen-bond acceptors (Lipinski definition) is 3. The van der Waals surface area contributed by atoms with Crippen LogP contribution in [0.4, 0.5) is 27.6 Å². The SMILES string of the molecule is O=C(COc1ccc(F)cc1F)Nc1cc(Cl)ccc1OCC(F)(F)F. The maximum atomic E-state index is 13.4. The fourth-order valence-corrected chi connectivity index (χ4v) is 1.98. The Hall–Kier alpha value is -2.55. The number of anilines is 1. The Morgan fingerprint density at radius 1 is 1.04 bits per heavy atom. The second-order valence-corrected chi connectivity index (χ2v) is 5.39. The number of halogens is 6. The van der Waals surface area contributed by atoms with Crippen molar-refractivity contribution in [1.29, 1.82) is 0 Å². The number of hydrogen-bond donors (Lipinski definition) is 1. The highest BCUT2D eigenvalue weighted by Crippen LogP contribution is 2.29. The number of ether oxygens (including phenoxy) is 2. The lowest BCUT2D eigenvalue weighted by Crippen LogP contribution is -2.22. The van der Waals surface area contributed by atoms with Crippen LogP contribution >= 0.6 is 11.6 Å². The topological polar surface area (TPSA) is 47.6 Å². The van der Waals surface area contributed by atoms with Gasteiger partial charge in [0.25, 0.3) is 5.91 Å². The zero-order valence-electron chi connectivity index (χ0n) is 12.9. The molecule has 0 heterocycles. The van der Waals surface area contributed by atoms with Crippen molar-refractivity contribution in [1.82, 2.24) is 0 Å². The molecule has 0 aromatic heterocycles. The minimum atomic E-state index is -4.57. The van der Waals surface area contributed by atoms with E-state index >= 15 is 0 Å². The highest BCUT2D eigenvalue weighted by Gasteiger charge is 2.29. The summed E-state index contributed by atoms with van der Waals surface area (Å²) in [6, 6.07) is 6.14. The summed E-state index contributed by atoms with van der Waals surface area (Å²) in [5.41, 5.74) is -0.116. The highest BCUT2D eigenvalue weighted by atomic mass is 35.5. The molecule has 10 heteroatoms. The summed E-state index contributed by atoms with van der Waals surface area (Å²) in [5.74, 6) is -3.25. The van der Waals surface area contributed by atoms with Gasteiger partial charge in [-0.25, -0.2) is 8.78 Å². The molecule has 0 radical (unpaired) electrons. The van der Waals surface area contributed by atoms with Crippen LogP contribution in [0.3, 0.4) is 0 Å². The number of benzene rings is 2. The van der Waals surface area contributed by atoms with Crippen LogP contribution in [0.1, 0.15) is 0 Å². The van der Waals surface area contributed by atoms with Gasteiger partial charge >= 0.3 is 6.18 Å². The van der Waals surface area contributed by atoms with Crippen molar-refractivity contribution in [3.8, 4) is 11.5 Å². The lowest BCUT2D eigenvalue weighted by molar-refractivity contribution is -0.153. The predicted molar refractivity (Wildman–Crippen MR) is 83.5 cm³/mol. The first-order chi connectivity index (χ1) is 12.1. The molecule has 0 aliphatic rings. The van der Waals surface area contributed by atoms with Crippen LogP contribution in [0, 0.1) is 11.6 Å². The standard InChI is InChI=1S/C16H11ClF5NO3/c17-9-1-3-14(26-8-16(20,21)22)12(5-9)23-15(24)7-25-13-4-2-10(18)6-11(13)19/h1-6H,7-8H2,(H,23,24). The largest absolute Gasteiger partial charge is 0.482 e. The molecule has 0 unspecified atom stereocenters. The van der Waals surface area contributed by atoms with Gasteiger partial charge in [-0.05, 0) is 30.3 Å². The van der Waals surface area contributed by atoms with Crippen LogP contribution in [0.5, 0.6) is 11.5 Å². The van der Waals surface area contributed by atoms with Gasteiger partial charge in [-0.1, -0.05) is 11.6 Å². The fourth-order valence-electron chi connectivity index (χ4n) is 1.81. The van der Waals surface area contributed by atoms with Gasteiger partial charge in [0.15, 0.2) is 24.8 Å². The van der Waals surface area contributed by atoms with Gasteiger partial charge in [0, 0.05) is 11.1 Å². The van der Waals surface area contributed by atoms with Crippen LogP contribution in [0.15, 0.2) is 36.4 Å². The summed E-state index contributed by atoms with van der Waals surface area (Å²) < 4.78 is 72.5. The van der Waals surface area contributed by atoms with Crippen molar-refractivity contribution in [2.45, 2.75) is 6.18 Å². The van der Waals surface area contributed by atoms with Gasteiger partial charge in [-0.3, -0.25) is 4.79 Å². The van der Waals surface area contributed by atoms with E-state index in [4.69, 9.17) is 16.3 Å². The Balaban J connectivity index is 2.02. The molecule has 0 saturated carbocycles. The van der Waals surface area contributed by atoms with Crippen LogP contribution in [0.2, 0.25) is 5.02 Å². The van der Waals surface area contributed by atoms with E-state index in [1.165, 1.54) is 12.1 Å². The van der Waals surface area contributed by atoms with Crippen molar-refractivity contribution in [3.63, 3.8) is 0 Å². The number of carbonyl (C=O) groups is 1. The Kier molecular flexibility index (Phi) is 6.25. The molecule has 1 N–H and O–H groups in total. The average molecular weight is 396 g/mol. The molecule has 2 aromatic rings. The minimum Gasteiger partial charge on any atom is -0.482 e. The quantitative estimate of drug-likeness (QED) is 0.728. The molecule has 0 aliphatic heterocycles. The monoisotopic (exact) mass is 395 g/mol. The summed E-state index contributed by atoms with van der Waals surface area (Å²) in [7, 11) is 0. The molecule has 4 nitrogen and oxygen atoms in total. The molecule has 140 valence electrons. The maximum absolute atomic E-state index is 13.4. The van der Waals surface area contributed by atoms with E-state index in [0.29, 0.717) is 6.07 Å². The van der Waals surface area contributed by atoms with E-state index in [1.54, 1.807) is 0 Å². The number of rotatable bonds is 6. The summed E-state index contributed by atoms with van der Waals surface area (Å²) in [6.07, 6.45) is -4.57. The maximum Gasteiger partial charge on any atom is 0.422 e. The molecule has 2 aromatic carbocycles. The molecule has 0 atom stereocenters. The van der Waals surface area contributed by atoms with Gasteiger partial charge in [0.2, 0.25) is 0 Å². The van der Waals surface area contributed by atoms with E-state index in [2.05, 4.69) is 10.1 Å². The van der Waals surface area contributed by atoms with E-state index in [1.807, 2.05) is 0 Å². The molecular formula is C16H11ClF5NO3. The first-order valence-corrected chi connectivity index (χ1v) is 7.38. The molecule has 26 heavy (non-hydrogen) atoms. The summed E-state index contributed by atoms with van der Waals surface area (Å²) in [4.78, 5) is 11.9. The fraction of sp³-hybridized carbons (Fsp3) is 0.188. The zero-order valence-corrected chi connectivity index (χ0v) is 13.6. The van der Waals surface area contributed by atoms with Crippen LogP contribution in [0.25, 0.3) is 0 Å². The molecule has 0 spiro atoms. The Bertz CT molecular complexity index is 798. The number of nitrogens with one attached hydrogen (secondary N) is 1. The smallest absolute Gasteiger partial charge is 0.422 e. The summed E-state index contributed by atoms with van der Waals surface area (Å²) >= 11 is 5.75. The molecule has 0 bridgehead atoms. The summed E-state index contributed by atoms with van der Waals surface area (Å²) in [6.45, 7) is -2.23. The molecule has 0 saturated heterocycles. The third-order valence-electron chi connectivity index (χ3n) is 2.86. The van der Waals surface area contributed by atoms with Gasteiger partial charge in [0.1, 0.15) is 11.6 Å². The normalized spacial score (nSPS) is 11.2. The van der Waals surface area contributed by atoms with Crippen LogP contribution < -0.4 is 14.8 Å². The van der Waals surface area contributed by atoms with Crippen molar-refractivity contribution in [2.24, 2.45) is 0 Å². The van der Waals surface area contributed by atoms with Crippen LogP contribution in [-0.2, 0) is 4.79 Å².